The van der Waals surface area contributed by atoms with Crippen LogP contribution in [0.3, 0.4) is 0 Å². The van der Waals surface area contributed by atoms with Crippen LogP contribution in [-0.2, 0) is 16.8 Å². The zero-order valence-corrected chi connectivity index (χ0v) is 11.6. The van der Waals surface area contributed by atoms with Gasteiger partial charge in [-0.1, -0.05) is 13.8 Å². The third-order valence-corrected chi connectivity index (χ3v) is 2.93. The Kier molecular flexibility index (Phi) is 5.15. The number of nitrogens with one attached hydrogen (secondary N) is 2. The summed E-state index contributed by atoms with van der Waals surface area (Å²) in [6.07, 6.45) is 3.94. The van der Waals surface area contributed by atoms with Gasteiger partial charge in [0.2, 0.25) is 0 Å². The minimum Gasteiger partial charge on any atom is -0.373 e. The molecule has 98 valence electrons. The van der Waals surface area contributed by atoms with Crippen molar-refractivity contribution in [1.82, 2.24) is 15.3 Å². The van der Waals surface area contributed by atoms with E-state index in [0.717, 1.165) is 30.9 Å². The summed E-state index contributed by atoms with van der Waals surface area (Å²) in [6.45, 7) is 9.41. The van der Waals surface area contributed by atoms with Crippen LogP contribution in [0.4, 0.5) is 0 Å². The molecular weight excluding hydrogens is 214 g/mol. The molecule has 0 aliphatic carbocycles. The minimum absolute atomic E-state index is 0.290. The summed E-state index contributed by atoms with van der Waals surface area (Å²) in [5, 5.41) is 3.40. The van der Waals surface area contributed by atoms with E-state index in [0.29, 0.717) is 6.04 Å². The summed E-state index contributed by atoms with van der Waals surface area (Å²) in [4.78, 5) is 7.71. The summed E-state index contributed by atoms with van der Waals surface area (Å²) < 4.78 is 5.41. The Bertz CT molecular complexity index is 331. The lowest BCUT2D eigenvalue weighted by Gasteiger charge is -2.20. The second kappa shape index (κ2) is 6.17. The highest BCUT2D eigenvalue weighted by Crippen LogP contribution is 2.21. The van der Waals surface area contributed by atoms with Crippen molar-refractivity contribution in [3.8, 4) is 0 Å². The molecule has 0 unspecified atom stereocenters. The van der Waals surface area contributed by atoms with Crippen LogP contribution in [0.1, 0.15) is 45.6 Å². The van der Waals surface area contributed by atoms with Gasteiger partial charge in [0.1, 0.15) is 11.4 Å². The van der Waals surface area contributed by atoms with Crippen molar-refractivity contribution in [3.63, 3.8) is 0 Å². The number of H-pyrrole nitrogens is 1. The fourth-order valence-corrected chi connectivity index (χ4v) is 1.55. The van der Waals surface area contributed by atoms with Crippen LogP contribution in [0.5, 0.6) is 0 Å². The molecule has 4 heteroatoms. The molecule has 1 aromatic heterocycles. The molecule has 4 nitrogen and oxygen atoms in total. The van der Waals surface area contributed by atoms with Gasteiger partial charge < -0.3 is 15.0 Å². The fourth-order valence-electron chi connectivity index (χ4n) is 1.55. The molecule has 0 amide bonds. The Hall–Kier alpha value is -0.870. The zero-order valence-electron chi connectivity index (χ0n) is 11.6. The van der Waals surface area contributed by atoms with Gasteiger partial charge in [-0.25, -0.2) is 4.98 Å². The molecule has 1 rings (SSSR count). The Balaban J connectivity index is 2.41. The number of aromatic amines is 1. The molecule has 0 saturated heterocycles. The van der Waals surface area contributed by atoms with Gasteiger partial charge in [-0.15, -0.1) is 0 Å². The normalized spacial score (nSPS) is 12.4. The van der Waals surface area contributed by atoms with Gasteiger partial charge in [0.25, 0.3) is 0 Å². The van der Waals surface area contributed by atoms with Gasteiger partial charge in [0, 0.05) is 19.6 Å². The average molecular weight is 239 g/mol. The van der Waals surface area contributed by atoms with E-state index in [9.17, 15) is 0 Å². The van der Waals surface area contributed by atoms with Crippen LogP contribution < -0.4 is 5.32 Å². The zero-order chi connectivity index (χ0) is 12.9. The molecule has 0 radical (unpaired) electrons. The van der Waals surface area contributed by atoms with Crippen LogP contribution in [0.15, 0.2) is 6.20 Å². The van der Waals surface area contributed by atoms with Crippen molar-refractivity contribution < 1.29 is 4.74 Å². The van der Waals surface area contributed by atoms with Gasteiger partial charge in [0.15, 0.2) is 0 Å². The summed E-state index contributed by atoms with van der Waals surface area (Å²) in [5.41, 5.74) is 0.744. The van der Waals surface area contributed by atoms with Crippen LogP contribution in [0.2, 0.25) is 0 Å². The molecule has 0 fully saturated rings. The maximum atomic E-state index is 5.41. The number of hydrogen-bond acceptors (Lipinski definition) is 3. The Morgan fingerprint density at radius 3 is 2.76 bits per heavy atom. The molecule has 0 aliphatic heterocycles. The molecule has 1 aromatic rings. The number of imidazole rings is 1. The second-order valence-electron chi connectivity index (χ2n) is 5.17. The summed E-state index contributed by atoms with van der Waals surface area (Å²) in [5.74, 6) is 1.04. The summed E-state index contributed by atoms with van der Waals surface area (Å²) >= 11 is 0. The van der Waals surface area contributed by atoms with Crippen molar-refractivity contribution >= 4 is 0 Å². The number of rotatable bonds is 7. The molecule has 17 heavy (non-hydrogen) atoms. The third-order valence-electron chi connectivity index (χ3n) is 2.93. The molecule has 0 aliphatic rings. The molecular formula is C13H25N3O. The molecule has 0 spiro atoms. The lowest BCUT2D eigenvalue weighted by atomic mass is 10.1. The van der Waals surface area contributed by atoms with E-state index in [1.807, 2.05) is 20.0 Å². The van der Waals surface area contributed by atoms with E-state index in [1.54, 1.807) is 7.11 Å². The van der Waals surface area contributed by atoms with Gasteiger partial charge in [-0.2, -0.15) is 0 Å². The first-order valence-electron chi connectivity index (χ1n) is 6.28. The highest BCUT2D eigenvalue weighted by molar-refractivity contribution is 5.09. The first-order valence-corrected chi connectivity index (χ1v) is 6.28. The maximum absolute atomic E-state index is 5.41. The highest BCUT2D eigenvalue weighted by Gasteiger charge is 2.21. The molecule has 2 N–H and O–H groups in total. The number of nitrogens with zero attached hydrogens (tertiary/aromatic N) is 1. The van der Waals surface area contributed by atoms with Gasteiger partial charge in [-0.05, 0) is 26.8 Å². The molecule has 0 saturated carbocycles. The van der Waals surface area contributed by atoms with Crippen molar-refractivity contribution in [2.75, 3.05) is 13.7 Å². The molecule has 1 heterocycles. The largest absolute Gasteiger partial charge is 0.373 e. The third kappa shape index (κ3) is 4.48. The van der Waals surface area contributed by atoms with Crippen molar-refractivity contribution in [2.24, 2.45) is 0 Å². The predicted molar refractivity (Wildman–Crippen MR) is 70.1 cm³/mol. The first kappa shape index (κ1) is 14.2. The lowest BCUT2D eigenvalue weighted by Crippen LogP contribution is -2.24. The van der Waals surface area contributed by atoms with Crippen molar-refractivity contribution in [1.29, 1.82) is 0 Å². The lowest BCUT2D eigenvalue weighted by molar-refractivity contribution is 0.0157. The summed E-state index contributed by atoms with van der Waals surface area (Å²) in [7, 11) is 1.72. The smallest absolute Gasteiger partial charge is 0.106 e. The fraction of sp³-hybridized carbons (Fsp3) is 0.769. The standard InChI is InChI=1S/C13H25N3O/c1-10(2)14-8-6-7-12-15-9-11(16-12)13(3,4)17-5/h9-10,14H,6-8H2,1-5H3,(H,15,16). The number of ether oxygens (including phenoxy) is 1. The minimum atomic E-state index is -0.290. The first-order chi connectivity index (χ1) is 7.95. The second-order valence-corrected chi connectivity index (χ2v) is 5.17. The Labute approximate surface area is 104 Å². The van der Waals surface area contributed by atoms with Crippen LogP contribution in [0.25, 0.3) is 0 Å². The topological polar surface area (TPSA) is 49.9 Å². The SMILES string of the molecule is COC(C)(C)c1cnc(CCCNC(C)C)[nH]1. The molecule has 0 atom stereocenters. The van der Waals surface area contributed by atoms with Gasteiger partial charge in [-0.3, -0.25) is 0 Å². The van der Waals surface area contributed by atoms with E-state index >= 15 is 0 Å². The monoisotopic (exact) mass is 239 g/mol. The Morgan fingerprint density at radius 2 is 2.18 bits per heavy atom. The number of aromatic nitrogens is 2. The Morgan fingerprint density at radius 1 is 1.47 bits per heavy atom. The summed E-state index contributed by atoms with van der Waals surface area (Å²) in [6, 6.07) is 0.551. The van der Waals surface area contributed by atoms with Crippen molar-refractivity contribution in [2.45, 2.75) is 52.2 Å². The quantitative estimate of drug-likeness (QED) is 0.717. The highest BCUT2D eigenvalue weighted by atomic mass is 16.5. The van der Waals surface area contributed by atoms with Crippen molar-refractivity contribution in [3.05, 3.63) is 17.7 Å². The van der Waals surface area contributed by atoms with E-state index in [1.165, 1.54) is 0 Å². The van der Waals surface area contributed by atoms with Crippen LogP contribution in [-0.4, -0.2) is 29.7 Å². The predicted octanol–water partition coefficient (Wildman–Crippen LogP) is 2.22. The van der Waals surface area contributed by atoms with E-state index in [4.69, 9.17) is 4.74 Å². The number of aryl methyl sites for hydroxylation is 1. The van der Waals surface area contributed by atoms with Crippen LogP contribution >= 0.6 is 0 Å². The molecule has 0 bridgehead atoms. The van der Waals surface area contributed by atoms with E-state index in [2.05, 4.69) is 29.1 Å². The van der Waals surface area contributed by atoms with Gasteiger partial charge >= 0.3 is 0 Å². The maximum Gasteiger partial charge on any atom is 0.106 e. The molecule has 0 aromatic carbocycles. The van der Waals surface area contributed by atoms with Crippen LogP contribution in [0, 0.1) is 0 Å². The number of methoxy groups -OCH3 is 1. The number of hydrogen-bond donors (Lipinski definition) is 2. The van der Waals surface area contributed by atoms with Gasteiger partial charge in [0.05, 0.1) is 11.9 Å². The van der Waals surface area contributed by atoms with E-state index < -0.39 is 0 Å². The average Bonchev–Trinajstić information content (AvgIpc) is 2.73. The van der Waals surface area contributed by atoms with E-state index in [-0.39, 0.29) is 5.60 Å².